The van der Waals surface area contributed by atoms with Gasteiger partial charge in [0.05, 0.1) is 0 Å². The topological polar surface area (TPSA) is 58.2 Å². The van der Waals surface area contributed by atoms with Crippen LogP contribution in [0, 0.1) is 0 Å². The molecule has 0 aromatic heterocycles. The zero-order valence-corrected chi connectivity index (χ0v) is 12.1. The van der Waals surface area contributed by atoms with Gasteiger partial charge in [0.1, 0.15) is 0 Å². The van der Waals surface area contributed by atoms with Crippen LogP contribution in [0.25, 0.3) is 0 Å². The standard InChI is InChI=1S/C13H17AsN2O2/c17-13(15-11-4-2-1-3-5-11)16-12-8-6-10(14-18)7-9-12/h6-9,11H,1-5H2,(H2,15,16,17). The van der Waals surface area contributed by atoms with Crippen LogP contribution in [0.3, 0.4) is 0 Å². The van der Waals surface area contributed by atoms with E-state index < -0.39 is 15.7 Å². The summed E-state index contributed by atoms with van der Waals surface area (Å²) in [7, 11) is 0. The van der Waals surface area contributed by atoms with Gasteiger partial charge < -0.3 is 0 Å². The van der Waals surface area contributed by atoms with Crippen molar-refractivity contribution in [2.45, 2.75) is 38.1 Å². The molecule has 0 saturated heterocycles. The van der Waals surface area contributed by atoms with E-state index in [-0.39, 0.29) is 6.03 Å². The number of hydrogen-bond donors (Lipinski definition) is 2. The number of carbonyl (C=O) groups is 1. The van der Waals surface area contributed by atoms with E-state index in [2.05, 4.69) is 10.6 Å². The van der Waals surface area contributed by atoms with Gasteiger partial charge in [-0.2, -0.15) is 0 Å². The van der Waals surface area contributed by atoms with E-state index in [9.17, 15) is 8.53 Å². The van der Waals surface area contributed by atoms with Crippen molar-refractivity contribution in [2.75, 3.05) is 5.32 Å². The van der Waals surface area contributed by atoms with Crippen molar-refractivity contribution < 1.29 is 8.53 Å². The molecule has 0 spiro atoms. The molecular formula is C13H17AsN2O2. The second-order valence-electron chi connectivity index (χ2n) is 4.57. The Kier molecular flexibility index (Phi) is 4.94. The molecule has 2 amide bonds. The maximum atomic E-state index is 11.8. The molecule has 5 heteroatoms. The molecule has 1 fully saturated rings. The molecule has 0 radical (unpaired) electrons. The van der Waals surface area contributed by atoms with Crippen LogP contribution in [0.4, 0.5) is 10.5 Å². The summed E-state index contributed by atoms with van der Waals surface area (Å²) in [6.07, 6.45) is 5.83. The third kappa shape index (κ3) is 3.95. The van der Waals surface area contributed by atoms with Gasteiger partial charge in [-0.3, -0.25) is 0 Å². The van der Waals surface area contributed by atoms with Crippen LogP contribution in [-0.2, 0) is 3.74 Å². The van der Waals surface area contributed by atoms with E-state index in [1.54, 1.807) is 24.3 Å². The number of hydrogen-bond acceptors (Lipinski definition) is 2. The first-order valence-electron chi connectivity index (χ1n) is 6.29. The minimum absolute atomic E-state index is 0.148. The van der Waals surface area contributed by atoms with Crippen LogP contribution in [0.1, 0.15) is 32.1 Å². The Balaban J connectivity index is 1.83. The Hall–Kier alpha value is -1.15. The molecule has 4 nitrogen and oxygen atoms in total. The molecular weight excluding hydrogens is 291 g/mol. The molecule has 0 unspecified atom stereocenters. The van der Waals surface area contributed by atoms with Crippen molar-refractivity contribution in [1.29, 1.82) is 0 Å². The molecule has 1 saturated carbocycles. The number of anilines is 1. The van der Waals surface area contributed by atoms with E-state index in [1.807, 2.05) is 0 Å². The zero-order valence-electron chi connectivity index (χ0n) is 10.2. The summed E-state index contributed by atoms with van der Waals surface area (Å²) in [5, 5.41) is 5.79. The van der Waals surface area contributed by atoms with Crippen LogP contribution in [-0.4, -0.2) is 27.8 Å². The van der Waals surface area contributed by atoms with Gasteiger partial charge in [0.2, 0.25) is 0 Å². The van der Waals surface area contributed by atoms with E-state index in [0.29, 0.717) is 6.04 Å². The van der Waals surface area contributed by atoms with Crippen molar-refractivity contribution in [3.05, 3.63) is 24.3 Å². The van der Waals surface area contributed by atoms with Gasteiger partial charge in [0.15, 0.2) is 0 Å². The first-order chi connectivity index (χ1) is 8.78. The number of carbonyl (C=O) groups excluding carboxylic acids is 1. The molecule has 1 aromatic rings. The molecule has 0 aliphatic heterocycles. The average molecular weight is 308 g/mol. The Bertz CT molecular complexity index is 414. The van der Waals surface area contributed by atoms with E-state index in [4.69, 9.17) is 0 Å². The Morgan fingerprint density at radius 1 is 1.11 bits per heavy atom. The van der Waals surface area contributed by atoms with Crippen LogP contribution in [0.15, 0.2) is 24.3 Å². The van der Waals surface area contributed by atoms with Gasteiger partial charge >= 0.3 is 113 Å². The average Bonchev–Trinajstić information content (AvgIpc) is 2.40. The second kappa shape index (κ2) is 6.69. The maximum absolute atomic E-state index is 11.8. The van der Waals surface area contributed by atoms with Crippen LogP contribution in [0.5, 0.6) is 0 Å². The number of rotatable bonds is 3. The minimum atomic E-state index is -0.986. The van der Waals surface area contributed by atoms with Crippen molar-refractivity contribution in [2.24, 2.45) is 0 Å². The van der Waals surface area contributed by atoms with Crippen molar-refractivity contribution in [3.8, 4) is 0 Å². The molecule has 0 heterocycles. The summed E-state index contributed by atoms with van der Waals surface area (Å²) >= 11 is -0.986. The van der Waals surface area contributed by atoms with Crippen molar-refractivity contribution >= 4 is 31.8 Å². The summed E-state index contributed by atoms with van der Waals surface area (Å²) in [5.74, 6) is 0. The fourth-order valence-corrected chi connectivity index (χ4v) is 2.77. The summed E-state index contributed by atoms with van der Waals surface area (Å²) < 4.78 is 11.5. The SMILES string of the molecule is O=[As]c1ccc(NC(=O)NC2CCCCC2)cc1. The number of nitrogens with one attached hydrogen (secondary N) is 2. The van der Waals surface area contributed by atoms with Gasteiger partial charge in [0, 0.05) is 0 Å². The summed E-state index contributed by atoms with van der Waals surface area (Å²) in [4.78, 5) is 11.8. The normalized spacial score (nSPS) is 16.4. The molecule has 0 atom stereocenters. The predicted molar refractivity (Wildman–Crippen MR) is 71.5 cm³/mol. The van der Waals surface area contributed by atoms with Crippen LogP contribution >= 0.6 is 0 Å². The number of benzene rings is 1. The Morgan fingerprint density at radius 3 is 2.39 bits per heavy atom. The number of amides is 2. The molecule has 1 aliphatic rings. The van der Waals surface area contributed by atoms with E-state index >= 15 is 0 Å². The molecule has 1 aromatic carbocycles. The fourth-order valence-electron chi connectivity index (χ4n) is 2.21. The second-order valence-corrected chi connectivity index (χ2v) is 6.04. The van der Waals surface area contributed by atoms with Gasteiger partial charge in [-0.15, -0.1) is 0 Å². The summed E-state index contributed by atoms with van der Waals surface area (Å²) in [6, 6.07) is 7.29. The predicted octanol–water partition coefficient (Wildman–Crippen LogP) is 1.82. The van der Waals surface area contributed by atoms with Crippen molar-refractivity contribution in [3.63, 3.8) is 0 Å². The third-order valence-electron chi connectivity index (χ3n) is 3.17. The first-order valence-corrected chi connectivity index (χ1v) is 7.99. The molecule has 2 rings (SSSR count). The Labute approximate surface area is 113 Å². The fraction of sp³-hybridized carbons (Fsp3) is 0.462. The Morgan fingerprint density at radius 2 is 1.78 bits per heavy atom. The van der Waals surface area contributed by atoms with Gasteiger partial charge in [0.25, 0.3) is 0 Å². The third-order valence-corrected chi connectivity index (χ3v) is 4.24. The molecule has 18 heavy (non-hydrogen) atoms. The van der Waals surface area contributed by atoms with Gasteiger partial charge in [-0.25, -0.2) is 0 Å². The van der Waals surface area contributed by atoms with Crippen LogP contribution < -0.4 is 15.0 Å². The molecule has 1 aliphatic carbocycles. The van der Waals surface area contributed by atoms with Gasteiger partial charge in [-0.05, 0) is 0 Å². The van der Waals surface area contributed by atoms with Gasteiger partial charge in [-0.1, -0.05) is 0 Å². The monoisotopic (exact) mass is 308 g/mol. The summed E-state index contributed by atoms with van der Waals surface area (Å²) in [5.41, 5.74) is 0.738. The molecule has 0 bridgehead atoms. The zero-order chi connectivity index (χ0) is 12.8. The molecule has 96 valence electrons. The van der Waals surface area contributed by atoms with Crippen LogP contribution in [0.2, 0.25) is 0 Å². The number of urea groups is 1. The van der Waals surface area contributed by atoms with E-state index in [0.717, 1.165) is 22.9 Å². The van der Waals surface area contributed by atoms with E-state index in [1.165, 1.54) is 19.3 Å². The summed E-state index contributed by atoms with van der Waals surface area (Å²) in [6.45, 7) is 0. The van der Waals surface area contributed by atoms with Crippen molar-refractivity contribution in [1.82, 2.24) is 5.32 Å². The quantitative estimate of drug-likeness (QED) is 0.837. The molecule has 2 N–H and O–H groups in total. The first kappa shape index (κ1) is 13.3.